The Kier molecular flexibility index (Phi) is 5.80. The molecule has 0 N–H and O–H groups in total. The fraction of sp³-hybridized carbons (Fsp3) is 0.261. The zero-order valence-electron chi connectivity index (χ0n) is 17.4. The molecule has 1 aromatic heterocycles. The van der Waals surface area contributed by atoms with Gasteiger partial charge in [-0.2, -0.15) is 23.5 Å². The first-order valence-corrected chi connectivity index (χ1v) is 10.1. The van der Waals surface area contributed by atoms with Crippen LogP contribution in [0.1, 0.15) is 34.1 Å². The van der Waals surface area contributed by atoms with Gasteiger partial charge in [0.05, 0.1) is 28.6 Å². The van der Waals surface area contributed by atoms with Crippen LogP contribution in [-0.2, 0) is 13.0 Å². The van der Waals surface area contributed by atoms with E-state index in [9.17, 15) is 27.6 Å². The fourth-order valence-electron chi connectivity index (χ4n) is 3.51. The number of aromatic nitrogens is 2. The van der Waals surface area contributed by atoms with Gasteiger partial charge in [0, 0.05) is 31.3 Å². The number of benzene rings is 2. The molecule has 0 aliphatic carbocycles. The largest absolute Gasteiger partial charge is 0.480 e. The lowest BCUT2D eigenvalue weighted by Crippen LogP contribution is -2.37. The van der Waals surface area contributed by atoms with Gasteiger partial charge < -0.3 is 9.64 Å². The van der Waals surface area contributed by atoms with Crippen LogP contribution in [0.25, 0.3) is 5.69 Å². The summed E-state index contributed by atoms with van der Waals surface area (Å²) in [5.74, 6) is -1.15. The van der Waals surface area contributed by atoms with Crippen LogP contribution in [0.3, 0.4) is 0 Å². The molecule has 1 aliphatic rings. The van der Waals surface area contributed by atoms with Gasteiger partial charge in [-0.05, 0) is 49.4 Å². The van der Waals surface area contributed by atoms with Crippen molar-refractivity contribution in [3.63, 3.8) is 0 Å². The molecule has 1 atom stereocenters. The molecule has 0 radical (unpaired) electrons. The van der Waals surface area contributed by atoms with E-state index in [1.807, 2.05) is 6.07 Å². The maximum absolute atomic E-state index is 13.2. The zero-order valence-corrected chi connectivity index (χ0v) is 17.4. The van der Waals surface area contributed by atoms with Crippen LogP contribution in [0.5, 0.6) is 5.75 Å². The van der Waals surface area contributed by atoms with E-state index in [1.54, 1.807) is 23.0 Å². The highest BCUT2D eigenvalue weighted by atomic mass is 19.4. The van der Waals surface area contributed by atoms with Gasteiger partial charge in [-0.1, -0.05) is 0 Å². The molecule has 10 heteroatoms. The van der Waals surface area contributed by atoms with Crippen molar-refractivity contribution in [1.82, 2.24) is 14.7 Å². The standard InChI is InChI=1S/C23H18F4N4O2/c1-14(23(25,26)27)33-21-7-2-15(11-28)10-19(21)22(32)30-9-8-20-16(12-30)13-31(29-20)18-5-3-17(24)4-6-18/h2-7,10,13-14H,8-9,12H2,1H3. The van der Waals surface area contributed by atoms with E-state index in [2.05, 4.69) is 5.10 Å². The van der Waals surface area contributed by atoms with E-state index in [0.29, 0.717) is 12.1 Å². The molecule has 170 valence electrons. The van der Waals surface area contributed by atoms with E-state index in [1.165, 1.54) is 35.2 Å². The molecule has 33 heavy (non-hydrogen) atoms. The number of fused-ring (bicyclic) bond motifs is 1. The van der Waals surface area contributed by atoms with Gasteiger partial charge in [-0.15, -0.1) is 0 Å². The SMILES string of the molecule is CC(Oc1ccc(C#N)cc1C(=O)N1CCc2nn(-c3ccc(F)cc3)cc2C1)C(F)(F)F. The van der Waals surface area contributed by atoms with Crippen molar-refractivity contribution in [2.45, 2.75) is 32.2 Å². The molecule has 3 aromatic rings. The summed E-state index contributed by atoms with van der Waals surface area (Å²) in [6, 6.07) is 11.4. The minimum Gasteiger partial charge on any atom is -0.480 e. The van der Waals surface area contributed by atoms with Gasteiger partial charge in [-0.3, -0.25) is 4.79 Å². The Morgan fingerprint density at radius 1 is 1.21 bits per heavy atom. The van der Waals surface area contributed by atoms with Gasteiger partial charge in [0.2, 0.25) is 0 Å². The van der Waals surface area contributed by atoms with Crippen LogP contribution < -0.4 is 4.74 Å². The van der Waals surface area contributed by atoms with E-state index in [4.69, 9.17) is 4.74 Å². The summed E-state index contributed by atoms with van der Waals surface area (Å²) in [5, 5.41) is 13.7. The Morgan fingerprint density at radius 3 is 2.61 bits per heavy atom. The Bertz CT molecular complexity index is 1230. The maximum Gasteiger partial charge on any atom is 0.425 e. The highest BCUT2D eigenvalue weighted by Crippen LogP contribution is 2.30. The Labute approximate surface area is 186 Å². The number of halogens is 4. The normalized spacial score (nSPS) is 14.4. The number of hydrogen-bond acceptors (Lipinski definition) is 4. The molecule has 0 saturated heterocycles. The van der Waals surface area contributed by atoms with Crippen LogP contribution >= 0.6 is 0 Å². The van der Waals surface area contributed by atoms with Gasteiger partial charge in [0.1, 0.15) is 11.6 Å². The lowest BCUT2D eigenvalue weighted by Gasteiger charge is -2.27. The Morgan fingerprint density at radius 2 is 1.94 bits per heavy atom. The van der Waals surface area contributed by atoms with Crippen LogP contribution in [0.2, 0.25) is 0 Å². The number of carbonyl (C=O) groups is 1. The number of hydrogen-bond donors (Lipinski definition) is 0. The lowest BCUT2D eigenvalue weighted by molar-refractivity contribution is -0.189. The summed E-state index contributed by atoms with van der Waals surface area (Å²) >= 11 is 0. The summed E-state index contributed by atoms with van der Waals surface area (Å²) in [5.41, 5.74) is 2.21. The first kappa shape index (κ1) is 22.3. The zero-order chi connectivity index (χ0) is 23.8. The molecule has 2 heterocycles. The topological polar surface area (TPSA) is 71.2 Å². The van der Waals surface area contributed by atoms with Crippen molar-refractivity contribution in [1.29, 1.82) is 5.26 Å². The first-order valence-electron chi connectivity index (χ1n) is 10.1. The summed E-state index contributed by atoms with van der Waals surface area (Å²) in [6.07, 6.45) is -4.57. The molecule has 4 rings (SSSR count). The third-order valence-electron chi connectivity index (χ3n) is 5.34. The summed E-state index contributed by atoms with van der Waals surface area (Å²) in [4.78, 5) is 14.7. The minimum absolute atomic E-state index is 0.112. The number of nitriles is 1. The monoisotopic (exact) mass is 458 g/mol. The molecule has 1 aliphatic heterocycles. The molecule has 1 amide bonds. The van der Waals surface area contributed by atoms with Crippen molar-refractivity contribution < 1.29 is 27.1 Å². The molecule has 2 aromatic carbocycles. The van der Waals surface area contributed by atoms with Gasteiger partial charge >= 0.3 is 6.18 Å². The molecular weight excluding hydrogens is 440 g/mol. The van der Waals surface area contributed by atoms with Crippen LogP contribution in [0.4, 0.5) is 17.6 Å². The van der Waals surface area contributed by atoms with Gasteiger partial charge in [0.25, 0.3) is 5.91 Å². The summed E-state index contributed by atoms with van der Waals surface area (Å²) in [7, 11) is 0. The molecular formula is C23H18F4N4O2. The van der Waals surface area contributed by atoms with E-state index in [-0.39, 0.29) is 35.8 Å². The quantitative estimate of drug-likeness (QED) is 0.543. The van der Waals surface area contributed by atoms with E-state index < -0.39 is 18.2 Å². The third kappa shape index (κ3) is 4.67. The Balaban J connectivity index is 1.59. The number of carbonyl (C=O) groups excluding carboxylic acids is 1. The van der Waals surface area contributed by atoms with Crippen molar-refractivity contribution >= 4 is 5.91 Å². The number of ether oxygens (including phenoxy) is 1. The van der Waals surface area contributed by atoms with Crippen LogP contribution in [0.15, 0.2) is 48.7 Å². The molecule has 0 spiro atoms. The molecule has 1 unspecified atom stereocenters. The second-order valence-electron chi connectivity index (χ2n) is 7.62. The highest BCUT2D eigenvalue weighted by molar-refractivity contribution is 5.97. The smallest absolute Gasteiger partial charge is 0.425 e. The highest BCUT2D eigenvalue weighted by Gasteiger charge is 2.39. The maximum atomic E-state index is 13.2. The average molecular weight is 458 g/mol. The number of amides is 1. The number of nitrogens with zero attached hydrogens (tertiary/aromatic N) is 4. The summed E-state index contributed by atoms with van der Waals surface area (Å²) in [6.45, 7) is 1.32. The predicted octanol–water partition coefficient (Wildman–Crippen LogP) is 4.41. The number of alkyl halides is 3. The second kappa shape index (κ2) is 8.58. The molecule has 0 bridgehead atoms. The minimum atomic E-state index is -4.61. The Hall–Kier alpha value is -3.87. The van der Waals surface area contributed by atoms with Crippen molar-refractivity contribution in [3.8, 4) is 17.5 Å². The predicted molar refractivity (Wildman–Crippen MR) is 109 cm³/mol. The van der Waals surface area contributed by atoms with Crippen LogP contribution in [0, 0.1) is 17.1 Å². The van der Waals surface area contributed by atoms with E-state index >= 15 is 0 Å². The van der Waals surface area contributed by atoms with E-state index in [0.717, 1.165) is 18.2 Å². The van der Waals surface area contributed by atoms with Gasteiger partial charge in [0.15, 0.2) is 6.10 Å². The van der Waals surface area contributed by atoms with Crippen molar-refractivity contribution in [2.24, 2.45) is 0 Å². The second-order valence-corrected chi connectivity index (χ2v) is 7.62. The molecule has 0 saturated carbocycles. The molecule has 0 fully saturated rings. The van der Waals surface area contributed by atoms with Crippen LogP contribution in [-0.4, -0.2) is 39.4 Å². The fourth-order valence-corrected chi connectivity index (χ4v) is 3.51. The number of rotatable bonds is 4. The van der Waals surface area contributed by atoms with Crippen molar-refractivity contribution in [3.05, 3.63) is 76.9 Å². The summed E-state index contributed by atoms with van der Waals surface area (Å²) < 4.78 is 58.8. The third-order valence-corrected chi connectivity index (χ3v) is 5.34. The first-order chi connectivity index (χ1) is 15.7. The molecule has 6 nitrogen and oxygen atoms in total. The average Bonchev–Trinajstić information content (AvgIpc) is 3.22. The van der Waals surface area contributed by atoms with Crippen molar-refractivity contribution in [2.75, 3.05) is 6.54 Å². The van der Waals surface area contributed by atoms with Gasteiger partial charge in [-0.25, -0.2) is 9.07 Å². The lowest BCUT2D eigenvalue weighted by atomic mass is 10.0.